The van der Waals surface area contributed by atoms with Gasteiger partial charge in [-0.3, -0.25) is 0 Å². The van der Waals surface area contributed by atoms with E-state index in [-0.39, 0.29) is 0 Å². The van der Waals surface area contributed by atoms with Crippen LogP contribution in [0, 0.1) is 0 Å². The van der Waals surface area contributed by atoms with Crippen molar-refractivity contribution >= 4 is 40.8 Å². The van der Waals surface area contributed by atoms with Crippen LogP contribution < -0.4 is 5.73 Å². The summed E-state index contributed by atoms with van der Waals surface area (Å²) in [6.07, 6.45) is 4.16. The van der Waals surface area contributed by atoms with Gasteiger partial charge in [0.1, 0.15) is 0 Å². The second-order valence-electron chi connectivity index (χ2n) is 2.58. The zero-order valence-corrected chi connectivity index (χ0v) is 9.97. The summed E-state index contributed by atoms with van der Waals surface area (Å²) in [5, 5.41) is 0.696. The van der Waals surface area contributed by atoms with Crippen LogP contribution in [-0.2, 0) is 0 Å². The summed E-state index contributed by atoms with van der Waals surface area (Å²) >= 11 is 9.38. The number of nitrogens with two attached hydrogens (primary N) is 1. The molecule has 0 amide bonds. The van der Waals surface area contributed by atoms with E-state index >= 15 is 0 Å². The number of hydrogen-bond acceptors (Lipinski definition) is 3. The molecule has 0 aliphatic rings. The van der Waals surface area contributed by atoms with Gasteiger partial charge < -0.3 is 5.73 Å². The third-order valence-corrected chi connectivity index (χ3v) is 4.48. The highest BCUT2D eigenvalue weighted by Crippen LogP contribution is 2.39. The molecule has 0 fully saturated rings. The highest BCUT2D eigenvalue weighted by molar-refractivity contribution is 8.15. The topological polar surface area (TPSA) is 26.0 Å². The minimum Gasteiger partial charge on any atom is -0.398 e. The molecule has 0 aliphatic carbocycles. The SMILES string of the molecule is CSC(SC)c1ccc(Cl)cc1N. The Morgan fingerprint density at radius 1 is 1.31 bits per heavy atom. The predicted octanol–water partition coefficient (Wildman–Crippen LogP) is 3.65. The fraction of sp³-hybridized carbons (Fsp3) is 0.333. The lowest BCUT2D eigenvalue weighted by Crippen LogP contribution is -1.95. The van der Waals surface area contributed by atoms with Crippen molar-refractivity contribution < 1.29 is 0 Å². The largest absolute Gasteiger partial charge is 0.398 e. The molecule has 1 aromatic carbocycles. The van der Waals surface area contributed by atoms with Crippen LogP contribution >= 0.6 is 35.1 Å². The first-order chi connectivity index (χ1) is 6.19. The third kappa shape index (κ3) is 2.73. The zero-order chi connectivity index (χ0) is 9.84. The van der Waals surface area contributed by atoms with E-state index in [1.807, 2.05) is 12.1 Å². The number of halogens is 1. The smallest absolute Gasteiger partial charge is 0.0765 e. The highest BCUT2D eigenvalue weighted by Gasteiger charge is 2.11. The van der Waals surface area contributed by atoms with Gasteiger partial charge in [0.25, 0.3) is 0 Å². The van der Waals surface area contributed by atoms with Crippen LogP contribution in [0.1, 0.15) is 10.1 Å². The van der Waals surface area contributed by atoms with Gasteiger partial charge in [0, 0.05) is 10.7 Å². The maximum atomic E-state index is 5.86. The zero-order valence-electron chi connectivity index (χ0n) is 7.58. The molecule has 72 valence electrons. The standard InChI is InChI=1S/C9H12ClNS2/c1-12-9(13-2)7-4-3-6(10)5-8(7)11/h3-5,9H,11H2,1-2H3. The van der Waals surface area contributed by atoms with E-state index in [0.717, 1.165) is 11.3 Å². The lowest BCUT2D eigenvalue weighted by molar-refractivity contribution is 1.39. The van der Waals surface area contributed by atoms with E-state index in [0.29, 0.717) is 9.60 Å². The Kier molecular flexibility index (Phi) is 4.29. The Hall–Kier alpha value is 0.01000. The molecule has 0 saturated heterocycles. The fourth-order valence-corrected chi connectivity index (χ4v) is 3.00. The molecule has 0 aliphatic heterocycles. The summed E-state index contributed by atoms with van der Waals surface area (Å²) in [5.74, 6) is 0. The van der Waals surface area contributed by atoms with E-state index in [4.69, 9.17) is 17.3 Å². The van der Waals surface area contributed by atoms with Gasteiger partial charge in [-0.25, -0.2) is 0 Å². The fourth-order valence-electron chi connectivity index (χ4n) is 1.11. The molecule has 4 heteroatoms. The molecule has 0 heterocycles. The van der Waals surface area contributed by atoms with E-state index in [1.54, 1.807) is 29.6 Å². The van der Waals surface area contributed by atoms with Gasteiger partial charge in [0.05, 0.1) is 4.58 Å². The molecule has 1 nitrogen and oxygen atoms in total. The van der Waals surface area contributed by atoms with Gasteiger partial charge in [-0.1, -0.05) is 17.7 Å². The minimum absolute atomic E-state index is 0.400. The molecule has 0 spiro atoms. The second kappa shape index (κ2) is 5.03. The first kappa shape index (κ1) is 11.1. The lowest BCUT2D eigenvalue weighted by atomic mass is 10.2. The van der Waals surface area contributed by atoms with Gasteiger partial charge in [0.2, 0.25) is 0 Å². The Morgan fingerprint density at radius 2 is 1.92 bits per heavy atom. The van der Waals surface area contributed by atoms with Gasteiger partial charge in [0.15, 0.2) is 0 Å². The maximum Gasteiger partial charge on any atom is 0.0765 e. The minimum atomic E-state index is 0.400. The molecule has 0 atom stereocenters. The normalized spacial score (nSPS) is 10.8. The van der Waals surface area contributed by atoms with E-state index in [1.165, 1.54) is 0 Å². The molecule has 2 N–H and O–H groups in total. The number of thioether (sulfide) groups is 2. The van der Waals surface area contributed by atoms with Crippen molar-refractivity contribution in [2.24, 2.45) is 0 Å². The van der Waals surface area contributed by atoms with Crippen molar-refractivity contribution in [3.8, 4) is 0 Å². The van der Waals surface area contributed by atoms with Crippen LogP contribution in [-0.4, -0.2) is 12.5 Å². The van der Waals surface area contributed by atoms with Crippen LogP contribution in [0.15, 0.2) is 18.2 Å². The first-order valence-corrected chi connectivity index (χ1v) is 6.75. The average molecular weight is 234 g/mol. The molecule has 0 aromatic heterocycles. The van der Waals surface area contributed by atoms with Crippen LogP contribution in [0.2, 0.25) is 5.02 Å². The quantitative estimate of drug-likeness (QED) is 0.638. The van der Waals surface area contributed by atoms with Crippen molar-refractivity contribution in [1.29, 1.82) is 0 Å². The van der Waals surface area contributed by atoms with E-state index in [2.05, 4.69) is 12.5 Å². The first-order valence-electron chi connectivity index (χ1n) is 3.79. The summed E-state index contributed by atoms with van der Waals surface area (Å²) in [4.78, 5) is 0. The lowest BCUT2D eigenvalue weighted by Gasteiger charge is -2.14. The van der Waals surface area contributed by atoms with Crippen LogP contribution in [0.4, 0.5) is 5.69 Å². The van der Waals surface area contributed by atoms with Crippen LogP contribution in [0.5, 0.6) is 0 Å². The van der Waals surface area contributed by atoms with Crippen molar-refractivity contribution in [3.63, 3.8) is 0 Å². The number of nitrogen functional groups attached to an aromatic ring is 1. The Balaban J connectivity index is 2.99. The Morgan fingerprint density at radius 3 is 2.38 bits per heavy atom. The van der Waals surface area contributed by atoms with Crippen molar-refractivity contribution in [2.45, 2.75) is 4.58 Å². The van der Waals surface area contributed by atoms with Crippen molar-refractivity contribution in [1.82, 2.24) is 0 Å². The molecule has 1 aromatic rings. The third-order valence-electron chi connectivity index (χ3n) is 1.73. The van der Waals surface area contributed by atoms with E-state index in [9.17, 15) is 0 Å². The maximum absolute atomic E-state index is 5.86. The summed E-state index contributed by atoms with van der Waals surface area (Å²) in [6.45, 7) is 0. The summed E-state index contributed by atoms with van der Waals surface area (Å²) in [7, 11) is 0. The Labute approximate surface area is 92.4 Å². The molecule has 0 bridgehead atoms. The second-order valence-corrected chi connectivity index (χ2v) is 5.20. The van der Waals surface area contributed by atoms with Gasteiger partial charge in [-0.15, -0.1) is 23.5 Å². The summed E-state index contributed by atoms with van der Waals surface area (Å²) in [6, 6.07) is 5.68. The number of benzene rings is 1. The van der Waals surface area contributed by atoms with E-state index < -0.39 is 0 Å². The molecular formula is C9H12ClNS2. The van der Waals surface area contributed by atoms with Crippen LogP contribution in [0.3, 0.4) is 0 Å². The van der Waals surface area contributed by atoms with Crippen molar-refractivity contribution in [3.05, 3.63) is 28.8 Å². The molecule has 0 unspecified atom stereocenters. The molecule has 1 rings (SSSR count). The monoisotopic (exact) mass is 233 g/mol. The van der Waals surface area contributed by atoms with Gasteiger partial charge in [-0.2, -0.15) is 0 Å². The molecule has 13 heavy (non-hydrogen) atoms. The summed E-state index contributed by atoms with van der Waals surface area (Å²) < 4.78 is 0.400. The average Bonchev–Trinajstić information content (AvgIpc) is 2.10. The summed E-state index contributed by atoms with van der Waals surface area (Å²) in [5.41, 5.74) is 7.80. The van der Waals surface area contributed by atoms with Crippen LogP contribution in [0.25, 0.3) is 0 Å². The predicted molar refractivity (Wildman–Crippen MR) is 65.6 cm³/mol. The Bertz CT molecular complexity index is 287. The number of hydrogen-bond donors (Lipinski definition) is 1. The highest BCUT2D eigenvalue weighted by atomic mass is 35.5. The molecule has 0 saturated carbocycles. The van der Waals surface area contributed by atoms with Crippen molar-refractivity contribution in [2.75, 3.05) is 18.2 Å². The molecule has 0 radical (unpaired) electrons. The molecular weight excluding hydrogens is 222 g/mol. The van der Waals surface area contributed by atoms with Gasteiger partial charge in [-0.05, 0) is 30.2 Å². The number of anilines is 1. The number of rotatable bonds is 3. The van der Waals surface area contributed by atoms with Gasteiger partial charge >= 0.3 is 0 Å².